The van der Waals surface area contributed by atoms with Gasteiger partial charge < -0.3 is 9.73 Å². The fourth-order valence-electron chi connectivity index (χ4n) is 1.48. The third kappa shape index (κ3) is 3.98. The fourth-order valence-corrected chi connectivity index (χ4v) is 2.27. The van der Waals surface area contributed by atoms with Crippen LogP contribution in [0, 0.1) is 0 Å². The lowest BCUT2D eigenvalue weighted by molar-refractivity contribution is -0.114. The van der Waals surface area contributed by atoms with E-state index in [-0.39, 0.29) is 17.2 Å². The third-order valence-corrected chi connectivity index (χ3v) is 3.38. The predicted octanol–water partition coefficient (Wildman–Crippen LogP) is 3.85. The molecule has 1 N–H and O–H groups in total. The van der Waals surface area contributed by atoms with E-state index in [9.17, 15) is 9.18 Å². The zero-order valence-electron chi connectivity index (χ0n) is 12.2. The molecular weight excluding hydrogens is 293 g/mol. The van der Waals surface area contributed by atoms with Crippen molar-refractivity contribution in [3.05, 3.63) is 28.9 Å². The Bertz CT molecular complexity index is 682. The summed E-state index contributed by atoms with van der Waals surface area (Å²) in [6, 6.07) is 0. The number of aromatic nitrogens is 2. The highest BCUT2D eigenvalue weighted by Gasteiger charge is 2.20. The summed E-state index contributed by atoms with van der Waals surface area (Å²) >= 11 is 1.17. The quantitative estimate of drug-likeness (QED) is 0.935. The highest BCUT2D eigenvalue weighted by molar-refractivity contribution is 7.16. The van der Waals surface area contributed by atoms with Gasteiger partial charge in [0.05, 0.1) is 11.1 Å². The molecule has 112 valence electrons. The van der Waals surface area contributed by atoms with Crippen LogP contribution in [0.3, 0.4) is 0 Å². The molecule has 0 aliphatic carbocycles. The lowest BCUT2D eigenvalue weighted by Crippen LogP contribution is -2.09. The molecule has 0 aromatic carbocycles. The maximum absolute atomic E-state index is 14.1. The molecule has 0 saturated carbocycles. The largest absolute Gasteiger partial charge is 0.439 e. The number of carbonyl (C=O) groups is 1. The van der Waals surface area contributed by atoms with Crippen LogP contribution in [0.1, 0.15) is 44.2 Å². The second-order valence-electron chi connectivity index (χ2n) is 5.52. The lowest BCUT2D eigenvalue weighted by atomic mass is 9.94. The standard InChI is InChI=1S/C14H16FN3O2S/c1-8(19)18-13-17-6-9(21-13)5-10(15)12-16-7-11(20-12)14(2,3)4/h5-7H,1-4H3,(H,17,18,19). The van der Waals surface area contributed by atoms with E-state index in [4.69, 9.17) is 4.42 Å². The number of halogens is 1. The van der Waals surface area contributed by atoms with Crippen LogP contribution in [-0.2, 0) is 10.2 Å². The smallest absolute Gasteiger partial charge is 0.255 e. The van der Waals surface area contributed by atoms with Gasteiger partial charge in [-0.05, 0) is 6.08 Å². The van der Waals surface area contributed by atoms with Crippen LogP contribution in [0.2, 0.25) is 0 Å². The van der Waals surface area contributed by atoms with Crippen molar-refractivity contribution in [2.45, 2.75) is 33.1 Å². The molecule has 2 heterocycles. The molecular formula is C14H16FN3O2S. The molecule has 0 aliphatic heterocycles. The topological polar surface area (TPSA) is 68.0 Å². The van der Waals surface area contributed by atoms with Gasteiger partial charge in [-0.1, -0.05) is 32.1 Å². The summed E-state index contributed by atoms with van der Waals surface area (Å²) in [4.78, 5) is 19.4. The molecule has 0 spiro atoms. The Balaban J connectivity index is 2.19. The fraction of sp³-hybridized carbons (Fsp3) is 0.357. The van der Waals surface area contributed by atoms with Crippen molar-refractivity contribution in [3.63, 3.8) is 0 Å². The molecule has 0 radical (unpaired) electrons. The van der Waals surface area contributed by atoms with E-state index in [1.165, 1.54) is 36.7 Å². The van der Waals surface area contributed by atoms with Gasteiger partial charge in [0.2, 0.25) is 5.91 Å². The number of thiazole rings is 1. The van der Waals surface area contributed by atoms with Crippen LogP contribution < -0.4 is 5.32 Å². The van der Waals surface area contributed by atoms with Crippen LogP contribution >= 0.6 is 11.3 Å². The Morgan fingerprint density at radius 3 is 2.67 bits per heavy atom. The zero-order valence-corrected chi connectivity index (χ0v) is 13.0. The molecule has 7 heteroatoms. The van der Waals surface area contributed by atoms with Crippen LogP contribution in [-0.4, -0.2) is 15.9 Å². The molecule has 2 aromatic rings. The van der Waals surface area contributed by atoms with E-state index in [0.717, 1.165) is 0 Å². The van der Waals surface area contributed by atoms with Gasteiger partial charge in [-0.25, -0.2) is 14.4 Å². The summed E-state index contributed by atoms with van der Waals surface area (Å²) in [5.74, 6) is -0.245. The van der Waals surface area contributed by atoms with Crippen LogP contribution in [0.5, 0.6) is 0 Å². The molecule has 0 unspecified atom stereocenters. The van der Waals surface area contributed by atoms with E-state index < -0.39 is 5.83 Å². The Labute approximate surface area is 125 Å². The van der Waals surface area contributed by atoms with Crippen molar-refractivity contribution in [3.8, 4) is 0 Å². The Morgan fingerprint density at radius 2 is 2.10 bits per heavy atom. The second-order valence-corrected chi connectivity index (χ2v) is 6.58. The van der Waals surface area contributed by atoms with Gasteiger partial charge in [0, 0.05) is 18.5 Å². The maximum Gasteiger partial charge on any atom is 0.255 e. The summed E-state index contributed by atoms with van der Waals surface area (Å²) < 4.78 is 19.5. The minimum absolute atomic E-state index is 0.0607. The first-order chi connectivity index (χ1) is 9.75. The predicted molar refractivity (Wildman–Crippen MR) is 80.6 cm³/mol. The monoisotopic (exact) mass is 309 g/mol. The van der Waals surface area contributed by atoms with Gasteiger partial charge in [0.15, 0.2) is 11.0 Å². The summed E-state index contributed by atoms with van der Waals surface area (Å²) in [5.41, 5.74) is -0.228. The van der Waals surface area contributed by atoms with Gasteiger partial charge in [-0.3, -0.25) is 4.79 Å². The highest BCUT2D eigenvalue weighted by atomic mass is 32.1. The summed E-state index contributed by atoms with van der Waals surface area (Å²) in [7, 11) is 0. The van der Waals surface area contributed by atoms with E-state index in [0.29, 0.717) is 15.8 Å². The van der Waals surface area contributed by atoms with Gasteiger partial charge in [0.1, 0.15) is 5.76 Å². The van der Waals surface area contributed by atoms with Gasteiger partial charge >= 0.3 is 0 Å². The normalized spacial score (nSPS) is 12.5. The minimum Gasteiger partial charge on any atom is -0.439 e. The summed E-state index contributed by atoms with van der Waals surface area (Å²) in [6.07, 6.45) is 4.28. The van der Waals surface area contributed by atoms with E-state index in [1.54, 1.807) is 0 Å². The number of anilines is 1. The molecule has 21 heavy (non-hydrogen) atoms. The van der Waals surface area contributed by atoms with E-state index in [1.807, 2.05) is 20.8 Å². The summed E-state index contributed by atoms with van der Waals surface area (Å²) in [5, 5.41) is 2.96. The lowest BCUT2D eigenvalue weighted by Gasteiger charge is -2.12. The summed E-state index contributed by atoms with van der Waals surface area (Å²) in [6.45, 7) is 7.27. The Morgan fingerprint density at radius 1 is 1.38 bits per heavy atom. The number of carbonyl (C=O) groups excluding carboxylic acids is 1. The van der Waals surface area contributed by atoms with Crippen LogP contribution in [0.15, 0.2) is 16.8 Å². The third-order valence-electron chi connectivity index (χ3n) is 2.52. The molecule has 2 aromatic heterocycles. The van der Waals surface area contributed by atoms with Gasteiger partial charge in [0.25, 0.3) is 5.89 Å². The van der Waals surface area contributed by atoms with Crippen molar-refractivity contribution in [1.29, 1.82) is 0 Å². The van der Waals surface area contributed by atoms with Gasteiger partial charge in [-0.15, -0.1) is 0 Å². The highest BCUT2D eigenvalue weighted by Crippen LogP contribution is 2.28. The molecule has 2 rings (SSSR count). The molecule has 0 aliphatic rings. The van der Waals surface area contributed by atoms with Crippen molar-refractivity contribution in [1.82, 2.24) is 9.97 Å². The van der Waals surface area contributed by atoms with E-state index in [2.05, 4.69) is 15.3 Å². The Kier molecular flexibility index (Phi) is 4.22. The van der Waals surface area contributed by atoms with Crippen molar-refractivity contribution < 1.29 is 13.6 Å². The first-order valence-electron chi connectivity index (χ1n) is 6.33. The zero-order chi connectivity index (χ0) is 15.6. The average molecular weight is 309 g/mol. The maximum atomic E-state index is 14.1. The minimum atomic E-state index is -0.580. The number of rotatable bonds is 3. The average Bonchev–Trinajstić information content (AvgIpc) is 2.96. The van der Waals surface area contributed by atoms with Crippen molar-refractivity contribution in [2.75, 3.05) is 5.32 Å². The number of amides is 1. The molecule has 0 atom stereocenters. The van der Waals surface area contributed by atoms with Crippen molar-refractivity contribution in [2.24, 2.45) is 0 Å². The molecule has 0 bridgehead atoms. The number of nitrogens with one attached hydrogen (secondary N) is 1. The van der Waals surface area contributed by atoms with Gasteiger partial charge in [-0.2, -0.15) is 0 Å². The number of hydrogen-bond acceptors (Lipinski definition) is 5. The SMILES string of the molecule is CC(=O)Nc1ncc(C=C(F)c2ncc(C(C)(C)C)o2)s1. The number of oxazole rings is 1. The number of hydrogen-bond donors (Lipinski definition) is 1. The van der Waals surface area contributed by atoms with Crippen LogP contribution in [0.25, 0.3) is 11.9 Å². The van der Waals surface area contributed by atoms with E-state index >= 15 is 0 Å². The molecule has 5 nitrogen and oxygen atoms in total. The number of nitrogens with zero attached hydrogens (tertiary/aromatic N) is 2. The molecule has 0 saturated heterocycles. The molecule has 0 fully saturated rings. The second kappa shape index (κ2) is 5.77. The van der Waals surface area contributed by atoms with Crippen molar-refractivity contribution >= 4 is 34.3 Å². The molecule has 1 amide bonds. The first kappa shape index (κ1) is 15.4. The Hall–Kier alpha value is -2.02. The first-order valence-corrected chi connectivity index (χ1v) is 7.14. The van der Waals surface area contributed by atoms with Crippen LogP contribution in [0.4, 0.5) is 9.52 Å².